The predicted molar refractivity (Wildman–Crippen MR) is 76.6 cm³/mol. The molecule has 0 bridgehead atoms. The second-order valence-electron chi connectivity index (χ2n) is 6.09. The number of alkyl halides is 6. The molecule has 132 valence electrons. The van der Waals surface area contributed by atoms with Crippen molar-refractivity contribution in [2.45, 2.75) is 45.1 Å². The van der Waals surface area contributed by atoms with Crippen LogP contribution in [0.15, 0.2) is 30.5 Å². The molecule has 0 aliphatic carbocycles. The van der Waals surface area contributed by atoms with Crippen LogP contribution in [0.25, 0.3) is 0 Å². The molecule has 2 rings (SSSR count). The minimum Gasteiger partial charge on any atom is -0.327 e. The van der Waals surface area contributed by atoms with E-state index < -0.39 is 23.3 Å². The molecule has 0 saturated carbocycles. The average Bonchev–Trinajstić information content (AvgIpc) is 2.79. The average molecular weight is 350 g/mol. The fourth-order valence-corrected chi connectivity index (χ4v) is 2.39. The van der Waals surface area contributed by atoms with Crippen molar-refractivity contribution in [3.63, 3.8) is 0 Å². The molecule has 1 aromatic carbocycles. The van der Waals surface area contributed by atoms with Gasteiger partial charge in [0.2, 0.25) is 0 Å². The summed E-state index contributed by atoms with van der Waals surface area (Å²) in [5.41, 5.74) is -2.90. The number of nitrogens with zero attached hydrogens (tertiary/aromatic N) is 2. The Morgan fingerprint density at radius 1 is 1.00 bits per heavy atom. The molecule has 0 unspecified atom stereocenters. The highest BCUT2D eigenvalue weighted by Gasteiger charge is 2.51. The number of hydrogen-bond donors (Lipinski definition) is 0. The molecule has 0 fully saturated rings. The smallest absolute Gasteiger partial charge is 0.327 e. The number of aromatic nitrogens is 2. The van der Waals surface area contributed by atoms with Crippen LogP contribution in [0.5, 0.6) is 0 Å². The highest BCUT2D eigenvalue weighted by Crippen LogP contribution is 2.40. The van der Waals surface area contributed by atoms with Gasteiger partial charge in [-0.3, -0.25) is 0 Å². The Kier molecular flexibility index (Phi) is 4.45. The molecule has 2 nitrogen and oxygen atoms in total. The van der Waals surface area contributed by atoms with Gasteiger partial charge in [0.25, 0.3) is 0 Å². The van der Waals surface area contributed by atoms with E-state index >= 15 is 0 Å². The Balaban J connectivity index is 2.53. The van der Waals surface area contributed by atoms with Crippen molar-refractivity contribution in [2.24, 2.45) is 0 Å². The zero-order valence-corrected chi connectivity index (χ0v) is 13.3. The van der Waals surface area contributed by atoms with E-state index in [0.717, 1.165) is 19.9 Å². The summed E-state index contributed by atoms with van der Waals surface area (Å²) >= 11 is 0. The molecule has 0 saturated heterocycles. The van der Waals surface area contributed by atoms with Gasteiger partial charge in [0.1, 0.15) is 11.2 Å². The van der Waals surface area contributed by atoms with Crippen LogP contribution < -0.4 is 0 Å². The van der Waals surface area contributed by atoms with Crippen LogP contribution in [0.4, 0.5) is 26.3 Å². The van der Waals surface area contributed by atoms with Crippen LogP contribution in [0.1, 0.15) is 36.5 Å². The van der Waals surface area contributed by atoms with Gasteiger partial charge in [0.05, 0.1) is 5.56 Å². The molecule has 0 radical (unpaired) electrons. The maximum atomic E-state index is 13.3. The van der Waals surface area contributed by atoms with E-state index in [1.54, 1.807) is 0 Å². The Morgan fingerprint density at radius 3 is 2.12 bits per heavy atom. The van der Waals surface area contributed by atoms with Crippen LogP contribution in [0.3, 0.4) is 0 Å². The number of rotatable bonds is 3. The molecule has 0 N–H and O–H groups in total. The molecule has 0 amide bonds. The number of imidazole rings is 1. The summed E-state index contributed by atoms with van der Waals surface area (Å²) in [7, 11) is 0. The van der Waals surface area contributed by atoms with Gasteiger partial charge in [-0.2, -0.15) is 26.3 Å². The van der Waals surface area contributed by atoms with E-state index in [2.05, 4.69) is 4.98 Å². The monoisotopic (exact) mass is 350 g/mol. The van der Waals surface area contributed by atoms with Crippen molar-refractivity contribution in [1.82, 2.24) is 9.55 Å². The number of aryl methyl sites for hydroxylation is 1. The van der Waals surface area contributed by atoms with Crippen LogP contribution >= 0.6 is 0 Å². The maximum absolute atomic E-state index is 13.3. The molecular weight excluding hydrogens is 334 g/mol. The fourth-order valence-electron chi connectivity index (χ4n) is 2.39. The third-order valence-electron chi connectivity index (χ3n) is 3.97. The normalized spacial score (nSPS) is 13.4. The molecule has 0 aliphatic rings. The van der Waals surface area contributed by atoms with Crippen molar-refractivity contribution in [2.75, 3.05) is 0 Å². The van der Waals surface area contributed by atoms with E-state index in [1.165, 1.54) is 35.9 Å². The van der Waals surface area contributed by atoms with Crippen LogP contribution in [0, 0.1) is 6.92 Å². The molecule has 0 atom stereocenters. The topological polar surface area (TPSA) is 17.8 Å². The first-order valence-corrected chi connectivity index (χ1v) is 7.10. The Morgan fingerprint density at radius 2 is 1.58 bits per heavy atom. The van der Waals surface area contributed by atoms with Crippen LogP contribution in [-0.2, 0) is 18.1 Å². The highest BCUT2D eigenvalue weighted by molar-refractivity contribution is 5.31. The lowest BCUT2D eigenvalue weighted by Crippen LogP contribution is -2.39. The highest BCUT2D eigenvalue weighted by atomic mass is 19.4. The molecule has 1 aromatic heterocycles. The third kappa shape index (κ3) is 3.27. The van der Waals surface area contributed by atoms with Gasteiger partial charge in [-0.1, -0.05) is 18.2 Å². The minimum absolute atomic E-state index is 0.106. The summed E-state index contributed by atoms with van der Waals surface area (Å²) in [6.07, 6.45) is -7.92. The van der Waals surface area contributed by atoms with E-state index in [-0.39, 0.29) is 17.9 Å². The van der Waals surface area contributed by atoms with Gasteiger partial charge < -0.3 is 4.57 Å². The first kappa shape index (κ1) is 18.4. The van der Waals surface area contributed by atoms with Gasteiger partial charge in [-0.15, -0.1) is 0 Å². The molecule has 2 aromatic rings. The van der Waals surface area contributed by atoms with Crippen molar-refractivity contribution < 1.29 is 26.3 Å². The van der Waals surface area contributed by atoms with E-state index in [1.807, 2.05) is 0 Å². The second-order valence-corrected chi connectivity index (χ2v) is 6.09. The summed E-state index contributed by atoms with van der Waals surface area (Å²) in [5, 5.41) is 0. The minimum atomic E-state index is -4.58. The second kappa shape index (κ2) is 5.82. The number of benzene rings is 1. The molecule has 0 aliphatic heterocycles. The number of halogens is 6. The van der Waals surface area contributed by atoms with Crippen LogP contribution in [0.2, 0.25) is 0 Å². The van der Waals surface area contributed by atoms with E-state index in [0.29, 0.717) is 5.69 Å². The Labute approximate surface area is 135 Å². The van der Waals surface area contributed by atoms with Gasteiger partial charge in [-0.05, 0) is 32.4 Å². The van der Waals surface area contributed by atoms with Crippen molar-refractivity contribution >= 4 is 0 Å². The van der Waals surface area contributed by atoms with Crippen molar-refractivity contribution in [3.05, 3.63) is 53.1 Å². The van der Waals surface area contributed by atoms with Crippen molar-refractivity contribution in [3.8, 4) is 0 Å². The lowest BCUT2D eigenvalue weighted by Gasteiger charge is -2.28. The van der Waals surface area contributed by atoms with Gasteiger partial charge in [0.15, 0.2) is 0 Å². The largest absolute Gasteiger partial charge is 0.416 e. The quantitative estimate of drug-likeness (QED) is 0.705. The standard InChI is InChI=1S/C16H16F6N2/c1-10-8-23-13(14(2,3)16(20,21)22)24(10)9-11-6-4-5-7-12(11)15(17,18)19/h4-8H,9H2,1-3H3. The number of hydrogen-bond acceptors (Lipinski definition) is 1. The summed E-state index contributed by atoms with van der Waals surface area (Å²) in [4.78, 5) is 3.80. The molecule has 0 spiro atoms. The lowest BCUT2D eigenvalue weighted by atomic mass is 9.91. The lowest BCUT2D eigenvalue weighted by molar-refractivity contribution is -0.183. The Hall–Kier alpha value is -1.99. The SMILES string of the molecule is Cc1cnc(C(C)(C)C(F)(F)F)n1Cc1ccccc1C(F)(F)F. The summed E-state index contributed by atoms with van der Waals surface area (Å²) in [6.45, 7) is 3.09. The fraction of sp³-hybridized carbons (Fsp3) is 0.438. The maximum Gasteiger partial charge on any atom is 0.416 e. The van der Waals surface area contributed by atoms with Gasteiger partial charge in [-0.25, -0.2) is 4.98 Å². The zero-order valence-electron chi connectivity index (χ0n) is 13.3. The molecule has 24 heavy (non-hydrogen) atoms. The van der Waals surface area contributed by atoms with E-state index in [9.17, 15) is 26.3 Å². The molecule has 1 heterocycles. The van der Waals surface area contributed by atoms with Gasteiger partial charge >= 0.3 is 12.4 Å². The van der Waals surface area contributed by atoms with Crippen molar-refractivity contribution in [1.29, 1.82) is 0 Å². The van der Waals surface area contributed by atoms with Crippen LogP contribution in [-0.4, -0.2) is 15.7 Å². The van der Waals surface area contributed by atoms with Gasteiger partial charge in [0, 0.05) is 18.4 Å². The zero-order chi connectivity index (χ0) is 18.3. The molecule has 8 heteroatoms. The predicted octanol–water partition coefficient (Wildman–Crippen LogP) is 5.10. The Bertz CT molecular complexity index is 725. The first-order chi connectivity index (χ1) is 10.9. The van der Waals surface area contributed by atoms with E-state index in [4.69, 9.17) is 0 Å². The first-order valence-electron chi connectivity index (χ1n) is 7.10. The third-order valence-corrected chi connectivity index (χ3v) is 3.97. The molecular formula is C16H16F6N2. The summed E-state index contributed by atoms with van der Waals surface area (Å²) < 4.78 is 80.3. The summed E-state index contributed by atoms with van der Waals surface area (Å²) in [5.74, 6) is -0.315. The summed E-state index contributed by atoms with van der Waals surface area (Å²) in [6, 6.07) is 4.84.